The van der Waals surface area contributed by atoms with Crippen molar-refractivity contribution in [2.45, 2.75) is 0 Å². The molecule has 4 aromatic rings. The highest BCUT2D eigenvalue weighted by atomic mass is 16.3. The molecule has 2 amide bonds. The van der Waals surface area contributed by atoms with E-state index < -0.39 is 17.6 Å². The van der Waals surface area contributed by atoms with E-state index in [1.807, 2.05) is 6.07 Å². The lowest BCUT2D eigenvalue weighted by Crippen LogP contribution is -2.13. The first-order valence-electron chi connectivity index (χ1n) is 8.97. The van der Waals surface area contributed by atoms with Crippen molar-refractivity contribution in [3.8, 4) is 17.8 Å². The molecule has 32 heavy (non-hydrogen) atoms. The monoisotopic (exact) mass is 427 g/mol. The number of benzene rings is 2. The van der Waals surface area contributed by atoms with Crippen molar-refractivity contribution >= 4 is 34.1 Å². The molecule has 156 valence electrons. The van der Waals surface area contributed by atoms with E-state index in [9.17, 15) is 20.0 Å². The maximum absolute atomic E-state index is 12.0. The van der Waals surface area contributed by atoms with E-state index in [0.717, 1.165) is 0 Å². The van der Waals surface area contributed by atoms with Crippen LogP contribution < -0.4 is 11.5 Å². The van der Waals surface area contributed by atoms with Crippen LogP contribution >= 0.6 is 0 Å². The molecule has 0 unspecified atom stereocenters. The molecular weight excluding hydrogens is 414 g/mol. The molecule has 2 aromatic heterocycles. The molecule has 0 atom stereocenters. The molecule has 0 aliphatic heterocycles. The van der Waals surface area contributed by atoms with Gasteiger partial charge >= 0.3 is 0 Å². The number of hydrogen-bond acceptors (Lipinski definition) is 9. The normalized spacial score (nSPS) is 11.0. The highest BCUT2D eigenvalue weighted by Gasteiger charge is 2.19. The summed E-state index contributed by atoms with van der Waals surface area (Å²) in [5.41, 5.74) is 10.6. The molecule has 4 rings (SSSR count). The maximum Gasteiger partial charge on any atom is 0.253 e. The molecule has 0 bridgehead atoms. The second-order valence-corrected chi connectivity index (χ2v) is 6.44. The summed E-state index contributed by atoms with van der Waals surface area (Å²) in [7, 11) is 0. The molecule has 0 radical (unpaired) electrons. The van der Waals surface area contributed by atoms with Gasteiger partial charge in [-0.15, -0.1) is 10.2 Å². The van der Waals surface area contributed by atoms with Crippen molar-refractivity contribution in [2.24, 2.45) is 21.7 Å². The summed E-state index contributed by atoms with van der Waals surface area (Å²) in [5, 5.41) is 32.8. The minimum atomic E-state index is -0.938. The first-order chi connectivity index (χ1) is 15.4. The highest BCUT2D eigenvalue weighted by Crippen LogP contribution is 2.38. The lowest BCUT2D eigenvalue weighted by atomic mass is 9.99. The summed E-state index contributed by atoms with van der Waals surface area (Å²) in [6, 6.07) is 9.34. The molecular formula is C20H13N9O3. The lowest BCUT2D eigenvalue weighted by molar-refractivity contribution is 0.0989. The van der Waals surface area contributed by atoms with Gasteiger partial charge in [0.15, 0.2) is 11.6 Å². The number of amides is 2. The van der Waals surface area contributed by atoms with Crippen molar-refractivity contribution in [1.82, 2.24) is 19.7 Å². The molecule has 0 aliphatic carbocycles. The topological polar surface area (TPSA) is 199 Å². The van der Waals surface area contributed by atoms with Crippen molar-refractivity contribution in [3.05, 3.63) is 65.6 Å². The Bertz CT molecular complexity index is 1450. The van der Waals surface area contributed by atoms with Gasteiger partial charge in [-0.25, -0.2) is 9.97 Å². The number of rotatable bonds is 5. The van der Waals surface area contributed by atoms with Gasteiger partial charge in [-0.3, -0.25) is 9.59 Å². The second kappa shape index (κ2) is 7.92. The Morgan fingerprint density at radius 2 is 1.84 bits per heavy atom. The van der Waals surface area contributed by atoms with Crippen LogP contribution in [0, 0.1) is 11.3 Å². The second-order valence-electron chi connectivity index (χ2n) is 6.44. The minimum absolute atomic E-state index is 0.0166. The number of nitriles is 1. The van der Waals surface area contributed by atoms with E-state index in [0.29, 0.717) is 5.39 Å². The number of azo groups is 1. The summed E-state index contributed by atoms with van der Waals surface area (Å²) in [5.74, 6) is -2.01. The maximum atomic E-state index is 12.0. The van der Waals surface area contributed by atoms with Gasteiger partial charge in [0.05, 0.1) is 11.8 Å². The summed E-state index contributed by atoms with van der Waals surface area (Å²) in [4.78, 5) is 31.6. The standard InChI is InChI=1S/C20H13N9O3/c21-8-12-9-26-29(20-24-4-1-5-25-20)19(12)28-27-14-7-10-2-3-11(17(22)31)6-13(10)15(16(14)30)18(23)32/h1-7,9,30H,(H2,22,31)(H2,23,32)/b28-27+. The van der Waals surface area contributed by atoms with Crippen LogP contribution in [-0.2, 0) is 0 Å². The van der Waals surface area contributed by atoms with Crippen LogP contribution in [0.1, 0.15) is 26.3 Å². The molecule has 12 nitrogen and oxygen atoms in total. The van der Waals surface area contributed by atoms with Gasteiger partial charge in [0.25, 0.3) is 11.9 Å². The fourth-order valence-corrected chi connectivity index (χ4v) is 3.01. The Labute approximate surface area is 179 Å². The first kappa shape index (κ1) is 20.1. The summed E-state index contributed by atoms with van der Waals surface area (Å²) < 4.78 is 1.20. The van der Waals surface area contributed by atoms with Crippen LogP contribution in [-0.4, -0.2) is 36.7 Å². The van der Waals surface area contributed by atoms with E-state index in [-0.39, 0.29) is 39.5 Å². The fourth-order valence-electron chi connectivity index (χ4n) is 3.01. The number of phenols is 1. The van der Waals surface area contributed by atoms with Crippen molar-refractivity contribution in [3.63, 3.8) is 0 Å². The molecule has 12 heteroatoms. The Kier molecular flexibility index (Phi) is 4.98. The zero-order valence-corrected chi connectivity index (χ0v) is 16.2. The van der Waals surface area contributed by atoms with E-state index in [1.165, 1.54) is 47.5 Å². The number of hydrogen-bond donors (Lipinski definition) is 3. The average molecular weight is 427 g/mol. The molecule has 2 aromatic carbocycles. The van der Waals surface area contributed by atoms with E-state index >= 15 is 0 Å². The van der Waals surface area contributed by atoms with Crippen LogP contribution in [0.3, 0.4) is 0 Å². The largest absolute Gasteiger partial charge is 0.505 e. The van der Waals surface area contributed by atoms with Gasteiger partial charge < -0.3 is 16.6 Å². The van der Waals surface area contributed by atoms with Crippen molar-refractivity contribution < 1.29 is 14.7 Å². The SMILES string of the molecule is N#Cc1cnn(-c2ncccn2)c1/N=N/c1cc2ccc(C(N)=O)cc2c(C(N)=O)c1O. The molecule has 0 fully saturated rings. The molecule has 0 saturated carbocycles. The number of primary amides is 2. The first-order valence-corrected chi connectivity index (χ1v) is 8.97. The number of nitrogens with two attached hydrogens (primary N) is 2. The number of aromatic nitrogens is 4. The lowest BCUT2D eigenvalue weighted by Gasteiger charge is -2.09. The minimum Gasteiger partial charge on any atom is -0.505 e. The smallest absolute Gasteiger partial charge is 0.253 e. The van der Waals surface area contributed by atoms with Gasteiger partial charge in [-0.1, -0.05) is 6.07 Å². The van der Waals surface area contributed by atoms with Gasteiger partial charge in [0.1, 0.15) is 17.3 Å². The Morgan fingerprint density at radius 3 is 2.50 bits per heavy atom. The molecule has 0 saturated heterocycles. The summed E-state index contributed by atoms with van der Waals surface area (Å²) in [6.45, 7) is 0. The zero-order valence-electron chi connectivity index (χ0n) is 16.2. The van der Waals surface area contributed by atoms with Gasteiger partial charge in [-0.2, -0.15) is 15.0 Å². The van der Waals surface area contributed by atoms with Gasteiger partial charge in [-0.05, 0) is 35.0 Å². The number of nitrogens with zero attached hydrogens (tertiary/aromatic N) is 7. The van der Waals surface area contributed by atoms with Crippen molar-refractivity contribution in [2.75, 3.05) is 0 Å². The van der Waals surface area contributed by atoms with Crippen LogP contribution in [0.15, 0.2) is 59.2 Å². The number of carbonyl (C=O) groups excluding carboxylic acids is 2. The van der Waals surface area contributed by atoms with Gasteiger partial charge in [0, 0.05) is 18.0 Å². The zero-order chi connectivity index (χ0) is 22.8. The Hall–Kier alpha value is -5.18. The van der Waals surface area contributed by atoms with Crippen LogP contribution in [0.5, 0.6) is 5.75 Å². The third kappa shape index (κ3) is 3.46. The predicted octanol–water partition coefficient (Wildman–Crippen LogP) is 2.01. The third-order valence-corrected chi connectivity index (χ3v) is 4.48. The van der Waals surface area contributed by atoms with Crippen LogP contribution in [0.25, 0.3) is 16.7 Å². The Morgan fingerprint density at radius 1 is 1.09 bits per heavy atom. The third-order valence-electron chi connectivity index (χ3n) is 4.48. The quantitative estimate of drug-likeness (QED) is 0.404. The molecule has 5 N–H and O–H groups in total. The van der Waals surface area contributed by atoms with E-state index in [2.05, 4.69) is 25.3 Å². The Balaban J connectivity index is 1.88. The predicted molar refractivity (Wildman–Crippen MR) is 111 cm³/mol. The molecule has 0 spiro atoms. The molecule has 0 aliphatic rings. The van der Waals surface area contributed by atoms with Crippen LogP contribution in [0.2, 0.25) is 0 Å². The highest BCUT2D eigenvalue weighted by molar-refractivity contribution is 6.12. The van der Waals surface area contributed by atoms with E-state index in [4.69, 9.17) is 11.5 Å². The average Bonchev–Trinajstić information content (AvgIpc) is 3.20. The van der Waals surface area contributed by atoms with E-state index in [1.54, 1.807) is 6.07 Å². The summed E-state index contributed by atoms with van der Waals surface area (Å²) in [6.07, 6.45) is 4.25. The molecule has 2 heterocycles. The fraction of sp³-hybridized carbons (Fsp3) is 0. The van der Waals surface area contributed by atoms with Crippen LogP contribution in [0.4, 0.5) is 11.5 Å². The number of carbonyl (C=O) groups is 2. The van der Waals surface area contributed by atoms with Gasteiger partial charge in [0.2, 0.25) is 5.91 Å². The summed E-state index contributed by atoms with van der Waals surface area (Å²) >= 11 is 0. The number of aromatic hydroxyl groups is 1. The van der Waals surface area contributed by atoms with Crippen molar-refractivity contribution in [1.29, 1.82) is 5.26 Å². The number of fused-ring (bicyclic) bond motifs is 1.